The molecule has 1 aromatic rings. The summed E-state index contributed by atoms with van der Waals surface area (Å²) >= 11 is 0. The molecule has 1 amide bonds. The molecule has 3 rings (SSSR count). The number of carbonyl (C=O) groups is 1. The number of rotatable bonds is 4. The van der Waals surface area contributed by atoms with Crippen molar-refractivity contribution in [1.82, 2.24) is 15.1 Å². The molecule has 0 bridgehead atoms. The van der Waals surface area contributed by atoms with Crippen LogP contribution >= 0.6 is 24.0 Å². The molecule has 2 N–H and O–H groups in total. The Labute approximate surface area is 164 Å². The predicted molar refractivity (Wildman–Crippen MR) is 104 cm³/mol. The highest BCUT2D eigenvalue weighted by molar-refractivity contribution is 14.0. The standard InChI is InChI=1S/C17H23FN4O2.HI/c1-19-17(20-10-15(23)12-2-4-13(18)5-3-12)21-8-9-22(14-6-7-14)16(24)11-21;/h2-5,14-15,23H,6-11H2,1H3,(H,19,20);1H. The highest BCUT2D eigenvalue weighted by atomic mass is 127. The van der Waals surface area contributed by atoms with E-state index in [1.165, 1.54) is 12.1 Å². The topological polar surface area (TPSA) is 68.2 Å². The molecule has 1 aliphatic carbocycles. The lowest BCUT2D eigenvalue weighted by Gasteiger charge is -2.36. The Balaban J connectivity index is 0.00000225. The second-order valence-corrected chi connectivity index (χ2v) is 6.24. The first-order valence-corrected chi connectivity index (χ1v) is 8.27. The van der Waals surface area contributed by atoms with E-state index in [9.17, 15) is 14.3 Å². The van der Waals surface area contributed by atoms with Crippen molar-refractivity contribution in [3.8, 4) is 0 Å². The predicted octanol–water partition coefficient (Wildman–Crippen LogP) is 1.36. The third-order valence-electron chi connectivity index (χ3n) is 4.46. The lowest BCUT2D eigenvalue weighted by Crippen LogP contribution is -2.56. The molecule has 1 saturated carbocycles. The van der Waals surface area contributed by atoms with Gasteiger partial charge in [-0.15, -0.1) is 24.0 Å². The molecule has 1 heterocycles. The number of amides is 1. The van der Waals surface area contributed by atoms with Crippen LogP contribution in [0.3, 0.4) is 0 Å². The molecule has 1 saturated heterocycles. The summed E-state index contributed by atoms with van der Waals surface area (Å²) in [7, 11) is 1.66. The number of halogens is 2. The van der Waals surface area contributed by atoms with E-state index in [2.05, 4.69) is 10.3 Å². The fraction of sp³-hybridized carbons (Fsp3) is 0.529. The number of aliphatic imine (C=N–C) groups is 1. The van der Waals surface area contributed by atoms with Crippen LogP contribution in [0.15, 0.2) is 29.3 Å². The summed E-state index contributed by atoms with van der Waals surface area (Å²) in [6.07, 6.45) is 1.45. The van der Waals surface area contributed by atoms with Gasteiger partial charge in [-0.1, -0.05) is 12.1 Å². The number of hydrogen-bond donors (Lipinski definition) is 2. The summed E-state index contributed by atoms with van der Waals surface area (Å²) in [4.78, 5) is 20.3. The number of nitrogens with one attached hydrogen (secondary N) is 1. The highest BCUT2D eigenvalue weighted by Gasteiger charge is 2.36. The Bertz CT molecular complexity index is 622. The summed E-state index contributed by atoms with van der Waals surface area (Å²) in [5.41, 5.74) is 0.633. The van der Waals surface area contributed by atoms with Crippen molar-refractivity contribution in [1.29, 1.82) is 0 Å². The van der Waals surface area contributed by atoms with Crippen molar-refractivity contribution in [2.75, 3.05) is 33.2 Å². The highest BCUT2D eigenvalue weighted by Crippen LogP contribution is 2.28. The fourth-order valence-electron chi connectivity index (χ4n) is 2.96. The monoisotopic (exact) mass is 462 g/mol. The van der Waals surface area contributed by atoms with Crippen molar-refractivity contribution in [2.45, 2.75) is 25.0 Å². The van der Waals surface area contributed by atoms with Crippen LogP contribution < -0.4 is 5.32 Å². The number of nitrogens with zero attached hydrogens (tertiary/aromatic N) is 3. The van der Waals surface area contributed by atoms with Crippen molar-refractivity contribution in [3.63, 3.8) is 0 Å². The SMILES string of the molecule is CN=C(NCC(O)c1ccc(F)cc1)N1CCN(C2CC2)C(=O)C1.I. The van der Waals surface area contributed by atoms with Crippen LogP contribution in [0.5, 0.6) is 0 Å². The van der Waals surface area contributed by atoms with Gasteiger partial charge in [-0.05, 0) is 30.5 Å². The fourth-order valence-corrected chi connectivity index (χ4v) is 2.96. The van der Waals surface area contributed by atoms with Gasteiger partial charge in [0.1, 0.15) is 5.82 Å². The van der Waals surface area contributed by atoms with E-state index in [0.717, 1.165) is 19.4 Å². The number of carbonyl (C=O) groups excluding carboxylic acids is 1. The molecule has 1 unspecified atom stereocenters. The van der Waals surface area contributed by atoms with Crippen LogP contribution in [-0.4, -0.2) is 66.0 Å². The average Bonchev–Trinajstić information content (AvgIpc) is 3.41. The largest absolute Gasteiger partial charge is 0.387 e. The molecule has 0 spiro atoms. The Morgan fingerprint density at radius 3 is 2.60 bits per heavy atom. The number of guanidine groups is 1. The summed E-state index contributed by atoms with van der Waals surface area (Å²) in [5.74, 6) is 0.396. The quantitative estimate of drug-likeness (QED) is 0.403. The minimum Gasteiger partial charge on any atom is -0.387 e. The average molecular weight is 462 g/mol. The van der Waals surface area contributed by atoms with Crippen LogP contribution in [0.2, 0.25) is 0 Å². The number of benzene rings is 1. The number of piperazine rings is 1. The first-order valence-electron chi connectivity index (χ1n) is 8.27. The van der Waals surface area contributed by atoms with E-state index in [1.807, 2.05) is 9.80 Å². The van der Waals surface area contributed by atoms with Crippen LogP contribution in [0.25, 0.3) is 0 Å². The Morgan fingerprint density at radius 2 is 2.04 bits per heavy atom. The number of aliphatic hydroxyl groups is 1. The van der Waals surface area contributed by atoms with E-state index in [4.69, 9.17) is 0 Å². The summed E-state index contributed by atoms with van der Waals surface area (Å²) in [6, 6.07) is 6.20. The van der Waals surface area contributed by atoms with Gasteiger partial charge >= 0.3 is 0 Å². The molecule has 138 valence electrons. The number of hydrogen-bond acceptors (Lipinski definition) is 3. The van der Waals surface area contributed by atoms with Gasteiger partial charge < -0.3 is 20.2 Å². The molecule has 6 nitrogen and oxygen atoms in total. The van der Waals surface area contributed by atoms with Crippen LogP contribution in [0.4, 0.5) is 4.39 Å². The molecule has 0 radical (unpaired) electrons. The molecular formula is C17H24FIN4O2. The van der Waals surface area contributed by atoms with Crippen LogP contribution in [-0.2, 0) is 4.79 Å². The summed E-state index contributed by atoms with van der Waals surface area (Å²) in [5, 5.41) is 13.3. The molecule has 25 heavy (non-hydrogen) atoms. The molecule has 1 aliphatic heterocycles. The van der Waals surface area contributed by atoms with Crippen molar-refractivity contribution >= 4 is 35.8 Å². The van der Waals surface area contributed by atoms with Crippen LogP contribution in [0, 0.1) is 5.82 Å². The van der Waals surface area contributed by atoms with Crippen molar-refractivity contribution in [2.24, 2.45) is 4.99 Å². The molecule has 2 fully saturated rings. The van der Waals surface area contributed by atoms with Crippen molar-refractivity contribution in [3.05, 3.63) is 35.6 Å². The maximum atomic E-state index is 12.9. The van der Waals surface area contributed by atoms with Gasteiger partial charge in [0.2, 0.25) is 5.91 Å². The molecule has 1 aromatic carbocycles. The van der Waals surface area contributed by atoms with Crippen LogP contribution in [0.1, 0.15) is 24.5 Å². The minimum atomic E-state index is -0.772. The minimum absolute atomic E-state index is 0. The van der Waals surface area contributed by atoms with Gasteiger partial charge in [-0.25, -0.2) is 4.39 Å². The lowest BCUT2D eigenvalue weighted by molar-refractivity contribution is -0.135. The Kier molecular flexibility index (Phi) is 7.00. The van der Waals surface area contributed by atoms with Gasteiger partial charge in [-0.2, -0.15) is 0 Å². The van der Waals surface area contributed by atoms with E-state index < -0.39 is 6.10 Å². The summed E-state index contributed by atoms with van der Waals surface area (Å²) < 4.78 is 12.9. The van der Waals surface area contributed by atoms with E-state index in [0.29, 0.717) is 30.7 Å². The summed E-state index contributed by atoms with van der Waals surface area (Å²) in [6.45, 7) is 2.00. The van der Waals surface area contributed by atoms with Gasteiger partial charge in [0, 0.05) is 32.7 Å². The molecule has 1 atom stereocenters. The molecule has 2 aliphatic rings. The van der Waals surface area contributed by atoms with E-state index in [1.54, 1.807) is 19.2 Å². The van der Waals surface area contributed by atoms with E-state index >= 15 is 0 Å². The number of aliphatic hydroxyl groups excluding tert-OH is 1. The Morgan fingerprint density at radius 1 is 1.36 bits per heavy atom. The van der Waals surface area contributed by atoms with Gasteiger partial charge in [0.25, 0.3) is 0 Å². The normalized spacial score (nSPS) is 19.5. The second-order valence-electron chi connectivity index (χ2n) is 6.24. The van der Waals surface area contributed by atoms with Gasteiger partial charge in [0.05, 0.1) is 12.6 Å². The third kappa shape index (κ3) is 5.04. The third-order valence-corrected chi connectivity index (χ3v) is 4.46. The smallest absolute Gasteiger partial charge is 0.242 e. The molecule has 0 aromatic heterocycles. The van der Waals surface area contributed by atoms with Gasteiger partial charge in [0.15, 0.2) is 5.96 Å². The zero-order valence-corrected chi connectivity index (χ0v) is 16.5. The maximum absolute atomic E-state index is 12.9. The van der Waals surface area contributed by atoms with Crippen molar-refractivity contribution < 1.29 is 14.3 Å². The Hall–Kier alpha value is -1.42. The second kappa shape index (κ2) is 8.79. The molecule has 8 heteroatoms. The molecular weight excluding hydrogens is 438 g/mol. The maximum Gasteiger partial charge on any atom is 0.242 e. The van der Waals surface area contributed by atoms with Gasteiger partial charge in [-0.3, -0.25) is 9.79 Å². The first kappa shape index (κ1) is 19.9. The zero-order valence-electron chi connectivity index (χ0n) is 14.2. The first-order chi connectivity index (χ1) is 11.6. The van der Waals surface area contributed by atoms with E-state index in [-0.39, 0.29) is 42.2 Å². The zero-order chi connectivity index (χ0) is 17.1. The lowest BCUT2D eigenvalue weighted by atomic mass is 10.1.